The molecule has 0 saturated carbocycles. The maximum atomic E-state index is 13.1. The van der Waals surface area contributed by atoms with E-state index in [2.05, 4.69) is 0 Å². The van der Waals surface area contributed by atoms with Gasteiger partial charge < -0.3 is 10.6 Å². The molecule has 0 bridgehead atoms. The van der Waals surface area contributed by atoms with Gasteiger partial charge in [0.05, 0.1) is 10.6 Å². The highest BCUT2D eigenvalue weighted by molar-refractivity contribution is 7.92. The molecule has 2 N–H and O–H groups in total. The van der Waals surface area contributed by atoms with E-state index in [1.807, 2.05) is 6.07 Å². The van der Waals surface area contributed by atoms with Crippen LogP contribution in [0.1, 0.15) is 30.1 Å². The van der Waals surface area contributed by atoms with Crippen LogP contribution in [0.2, 0.25) is 0 Å². The minimum Gasteiger partial charge on any atom is -0.339 e. The lowest BCUT2D eigenvalue weighted by Crippen LogP contribution is -2.42. The summed E-state index contributed by atoms with van der Waals surface area (Å²) >= 11 is 0. The molecule has 0 aromatic heterocycles. The number of hydrogen-bond acceptors (Lipinski definition) is 4. The zero-order valence-electron chi connectivity index (χ0n) is 15.4. The Morgan fingerprint density at radius 2 is 1.78 bits per heavy atom. The van der Waals surface area contributed by atoms with Crippen LogP contribution < -0.4 is 10.0 Å². The molecule has 7 heteroatoms. The normalized spacial score (nSPS) is 15.6. The summed E-state index contributed by atoms with van der Waals surface area (Å²) in [5.41, 5.74) is 6.88. The quantitative estimate of drug-likeness (QED) is 0.854. The number of carbonyl (C=O) groups is 1. The van der Waals surface area contributed by atoms with Gasteiger partial charge in [0, 0.05) is 31.2 Å². The molecule has 27 heavy (non-hydrogen) atoms. The number of benzene rings is 2. The first kappa shape index (κ1) is 19.4. The molecule has 3 rings (SSSR count). The molecule has 144 valence electrons. The van der Waals surface area contributed by atoms with E-state index in [1.165, 1.54) is 16.4 Å². The molecule has 1 heterocycles. The molecule has 0 atom stereocenters. The van der Waals surface area contributed by atoms with Gasteiger partial charge in [-0.25, -0.2) is 8.42 Å². The molecular weight excluding hydrogens is 362 g/mol. The Kier molecular flexibility index (Phi) is 5.82. The summed E-state index contributed by atoms with van der Waals surface area (Å²) in [5, 5.41) is 0. The van der Waals surface area contributed by atoms with Crippen molar-refractivity contribution >= 4 is 21.6 Å². The number of nitrogens with two attached hydrogens (primary N) is 1. The Morgan fingerprint density at radius 3 is 2.41 bits per heavy atom. The topological polar surface area (TPSA) is 83.7 Å². The molecule has 1 saturated heterocycles. The Labute approximate surface area is 160 Å². The molecule has 1 fully saturated rings. The van der Waals surface area contributed by atoms with E-state index in [9.17, 15) is 13.2 Å². The summed E-state index contributed by atoms with van der Waals surface area (Å²) in [5.74, 6) is -0.151. The van der Waals surface area contributed by atoms with Gasteiger partial charge >= 0.3 is 0 Å². The van der Waals surface area contributed by atoms with Gasteiger partial charge in [-0.2, -0.15) is 0 Å². The van der Waals surface area contributed by atoms with Gasteiger partial charge in [0.2, 0.25) is 0 Å². The first-order valence-corrected chi connectivity index (χ1v) is 10.6. The fourth-order valence-electron chi connectivity index (χ4n) is 3.29. The van der Waals surface area contributed by atoms with Crippen LogP contribution in [0.3, 0.4) is 0 Å². The molecule has 0 radical (unpaired) electrons. The van der Waals surface area contributed by atoms with E-state index < -0.39 is 10.0 Å². The van der Waals surface area contributed by atoms with Crippen molar-refractivity contribution in [3.05, 3.63) is 60.2 Å². The Bertz CT molecular complexity index is 892. The summed E-state index contributed by atoms with van der Waals surface area (Å²) in [6.45, 7) is 3.29. The molecule has 1 amide bonds. The number of nitrogens with zero attached hydrogens (tertiary/aromatic N) is 2. The molecule has 2 aromatic carbocycles. The van der Waals surface area contributed by atoms with Crippen LogP contribution >= 0.6 is 0 Å². The van der Waals surface area contributed by atoms with Crippen LogP contribution in [0.15, 0.2) is 59.5 Å². The number of anilines is 1. The zero-order valence-corrected chi connectivity index (χ0v) is 16.2. The van der Waals surface area contributed by atoms with Crippen molar-refractivity contribution in [2.24, 2.45) is 5.73 Å². The fraction of sp³-hybridized carbons (Fsp3) is 0.350. The predicted octanol–water partition coefficient (Wildman–Crippen LogP) is 2.47. The fourth-order valence-corrected chi connectivity index (χ4v) is 4.81. The van der Waals surface area contributed by atoms with Crippen LogP contribution in [0, 0.1) is 0 Å². The summed E-state index contributed by atoms with van der Waals surface area (Å²) in [7, 11) is -3.76. The van der Waals surface area contributed by atoms with E-state index in [0.29, 0.717) is 30.9 Å². The van der Waals surface area contributed by atoms with Crippen LogP contribution in [0.4, 0.5) is 5.69 Å². The lowest BCUT2D eigenvalue weighted by Gasteiger charge is -2.30. The molecule has 2 aromatic rings. The molecule has 0 aliphatic carbocycles. The molecule has 0 unspecified atom stereocenters. The molecule has 1 aliphatic rings. The number of likely N-dealkylation sites (tertiary alicyclic amines) is 1. The van der Waals surface area contributed by atoms with E-state index >= 15 is 0 Å². The summed E-state index contributed by atoms with van der Waals surface area (Å²) in [4.78, 5) is 14.6. The van der Waals surface area contributed by atoms with E-state index in [-0.39, 0.29) is 16.8 Å². The Balaban J connectivity index is 1.89. The lowest BCUT2D eigenvalue weighted by molar-refractivity contribution is 0.0714. The summed E-state index contributed by atoms with van der Waals surface area (Å²) < 4.78 is 27.6. The zero-order chi connectivity index (χ0) is 19.4. The largest absolute Gasteiger partial charge is 0.339 e. The third kappa shape index (κ3) is 4.14. The summed E-state index contributed by atoms with van der Waals surface area (Å²) in [6.07, 6.45) is 1.53. The van der Waals surface area contributed by atoms with Crippen molar-refractivity contribution in [2.45, 2.75) is 30.7 Å². The SMILES string of the molecule is CCN(c1ccccc1)S(=O)(=O)c1cccc(C(=O)N2CCC(N)CC2)c1. The van der Waals surface area contributed by atoms with Gasteiger partial charge in [0.25, 0.3) is 15.9 Å². The van der Waals surface area contributed by atoms with Crippen molar-refractivity contribution in [1.29, 1.82) is 0 Å². The van der Waals surface area contributed by atoms with Gasteiger partial charge in [-0.1, -0.05) is 24.3 Å². The van der Waals surface area contributed by atoms with Crippen molar-refractivity contribution in [3.63, 3.8) is 0 Å². The van der Waals surface area contributed by atoms with Crippen LogP contribution in [0.5, 0.6) is 0 Å². The second kappa shape index (κ2) is 8.10. The Morgan fingerprint density at radius 1 is 1.11 bits per heavy atom. The molecule has 1 aliphatic heterocycles. The van der Waals surface area contributed by atoms with Gasteiger partial charge in [-0.15, -0.1) is 0 Å². The van der Waals surface area contributed by atoms with E-state index in [4.69, 9.17) is 5.73 Å². The number of para-hydroxylation sites is 1. The van der Waals surface area contributed by atoms with Crippen LogP contribution in [0.25, 0.3) is 0 Å². The highest BCUT2D eigenvalue weighted by Gasteiger charge is 2.26. The van der Waals surface area contributed by atoms with Crippen LogP contribution in [-0.2, 0) is 10.0 Å². The van der Waals surface area contributed by atoms with Crippen molar-refractivity contribution in [2.75, 3.05) is 23.9 Å². The molecule has 0 spiro atoms. The Hall–Kier alpha value is -2.38. The second-order valence-corrected chi connectivity index (χ2v) is 8.53. The monoisotopic (exact) mass is 387 g/mol. The third-order valence-corrected chi connectivity index (χ3v) is 6.73. The third-order valence-electron chi connectivity index (χ3n) is 4.83. The predicted molar refractivity (Wildman–Crippen MR) is 106 cm³/mol. The van der Waals surface area contributed by atoms with Gasteiger partial charge in [-0.3, -0.25) is 9.10 Å². The first-order valence-electron chi connectivity index (χ1n) is 9.16. The highest BCUT2D eigenvalue weighted by Crippen LogP contribution is 2.24. The van der Waals surface area contributed by atoms with E-state index in [1.54, 1.807) is 48.2 Å². The molecule has 6 nitrogen and oxygen atoms in total. The maximum Gasteiger partial charge on any atom is 0.264 e. The van der Waals surface area contributed by atoms with Gasteiger partial charge in [0.1, 0.15) is 0 Å². The number of carbonyl (C=O) groups excluding carboxylic acids is 1. The van der Waals surface area contributed by atoms with E-state index in [0.717, 1.165) is 12.8 Å². The van der Waals surface area contributed by atoms with Crippen LogP contribution in [-0.4, -0.2) is 44.9 Å². The summed E-state index contributed by atoms with van der Waals surface area (Å²) in [6, 6.07) is 15.4. The number of amides is 1. The number of rotatable bonds is 5. The second-order valence-electron chi connectivity index (χ2n) is 6.66. The highest BCUT2D eigenvalue weighted by atomic mass is 32.2. The smallest absolute Gasteiger partial charge is 0.264 e. The van der Waals surface area contributed by atoms with Crippen molar-refractivity contribution in [3.8, 4) is 0 Å². The average molecular weight is 388 g/mol. The maximum absolute atomic E-state index is 13.1. The number of hydrogen-bond donors (Lipinski definition) is 1. The van der Waals surface area contributed by atoms with Crippen molar-refractivity contribution in [1.82, 2.24) is 4.90 Å². The van der Waals surface area contributed by atoms with Gasteiger partial charge in [0.15, 0.2) is 0 Å². The molecular formula is C20H25N3O3S. The number of sulfonamides is 1. The average Bonchev–Trinajstić information content (AvgIpc) is 2.69. The first-order chi connectivity index (χ1) is 12.9. The standard InChI is InChI=1S/C20H25N3O3S/c1-2-23(18-8-4-3-5-9-18)27(25,26)19-10-6-7-16(15-19)20(24)22-13-11-17(21)12-14-22/h3-10,15,17H,2,11-14,21H2,1H3. The van der Waals surface area contributed by atoms with Crippen molar-refractivity contribution < 1.29 is 13.2 Å². The minimum absolute atomic E-state index is 0.118. The van der Waals surface area contributed by atoms with Gasteiger partial charge in [-0.05, 0) is 50.1 Å². The minimum atomic E-state index is -3.76. The lowest BCUT2D eigenvalue weighted by atomic mass is 10.0. The number of piperidine rings is 1.